The molecule has 86 valence electrons. The van der Waals surface area contributed by atoms with Gasteiger partial charge in [-0.3, -0.25) is 0 Å². The van der Waals surface area contributed by atoms with E-state index in [0.29, 0.717) is 5.41 Å². The van der Waals surface area contributed by atoms with Crippen molar-refractivity contribution < 1.29 is 13.3 Å². The molecule has 0 spiro atoms. The van der Waals surface area contributed by atoms with Gasteiger partial charge in [0, 0.05) is 27.4 Å². The molecular formula is C10H24O3Si. The van der Waals surface area contributed by atoms with Gasteiger partial charge in [-0.2, -0.15) is 0 Å². The number of hydrogen-bond donors (Lipinski definition) is 0. The van der Waals surface area contributed by atoms with Crippen molar-refractivity contribution in [3.63, 3.8) is 0 Å². The fourth-order valence-corrected chi connectivity index (χ4v) is 3.11. The third kappa shape index (κ3) is 5.10. The van der Waals surface area contributed by atoms with Gasteiger partial charge in [0.25, 0.3) is 0 Å². The van der Waals surface area contributed by atoms with E-state index in [-0.39, 0.29) is 0 Å². The molecule has 0 radical (unpaired) electrons. The van der Waals surface area contributed by atoms with E-state index in [1.54, 1.807) is 21.3 Å². The molecule has 0 heterocycles. The third-order valence-corrected chi connectivity index (χ3v) is 5.17. The largest absolute Gasteiger partial charge is 0.500 e. The van der Waals surface area contributed by atoms with Crippen molar-refractivity contribution in [2.75, 3.05) is 21.3 Å². The average molecular weight is 220 g/mol. The SMILES string of the molecule is CO[Si](CCCC(C)(C)C)(OC)OC. The van der Waals surface area contributed by atoms with Crippen LogP contribution >= 0.6 is 0 Å². The summed E-state index contributed by atoms with van der Waals surface area (Å²) in [4.78, 5) is 0. The Morgan fingerprint density at radius 1 is 0.929 bits per heavy atom. The van der Waals surface area contributed by atoms with E-state index in [1.165, 1.54) is 0 Å². The van der Waals surface area contributed by atoms with E-state index >= 15 is 0 Å². The van der Waals surface area contributed by atoms with Crippen molar-refractivity contribution >= 4 is 8.80 Å². The van der Waals surface area contributed by atoms with Gasteiger partial charge in [-0.05, 0) is 18.3 Å². The van der Waals surface area contributed by atoms with E-state index in [2.05, 4.69) is 20.8 Å². The van der Waals surface area contributed by atoms with Gasteiger partial charge in [-0.1, -0.05) is 20.8 Å². The van der Waals surface area contributed by atoms with Gasteiger partial charge < -0.3 is 13.3 Å². The zero-order valence-corrected chi connectivity index (χ0v) is 11.3. The van der Waals surface area contributed by atoms with E-state index in [1.807, 2.05) is 0 Å². The van der Waals surface area contributed by atoms with E-state index in [0.717, 1.165) is 18.9 Å². The van der Waals surface area contributed by atoms with Gasteiger partial charge >= 0.3 is 8.80 Å². The van der Waals surface area contributed by atoms with Crippen LogP contribution in [0, 0.1) is 5.41 Å². The Kier molecular flexibility index (Phi) is 5.89. The molecule has 0 N–H and O–H groups in total. The lowest BCUT2D eigenvalue weighted by atomic mass is 9.91. The van der Waals surface area contributed by atoms with Crippen LogP contribution in [-0.2, 0) is 13.3 Å². The van der Waals surface area contributed by atoms with Crippen molar-refractivity contribution in [1.29, 1.82) is 0 Å². The average Bonchev–Trinajstić information content (AvgIpc) is 2.11. The molecular weight excluding hydrogens is 196 g/mol. The molecule has 3 nitrogen and oxygen atoms in total. The maximum absolute atomic E-state index is 5.35. The summed E-state index contributed by atoms with van der Waals surface area (Å²) in [5.41, 5.74) is 0.370. The highest BCUT2D eigenvalue weighted by Gasteiger charge is 2.37. The minimum Gasteiger partial charge on any atom is -0.377 e. The van der Waals surface area contributed by atoms with Crippen LogP contribution in [0.2, 0.25) is 6.04 Å². The maximum atomic E-state index is 5.35. The molecule has 0 atom stereocenters. The van der Waals surface area contributed by atoms with Crippen molar-refractivity contribution in [3.8, 4) is 0 Å². The molecule has 0 saturated carbocycles. The summed E-state index contributed by atoms with van der Waals surface area (Å²) in [5, 5.41) is 0. The zero-order chi connectivity index (χ0) is 11.2. The standard InChI is InChI=1S/C10H24O3Si/c1-10(2,3)8-7-9-14(11-4,12-5)13-6/h7-9H2,1-6H3. The van der Waals surface area contributed by atoms with E-state index in [4.69, 9.17) is 13.3 Å². The van der Waals surface area contributed by atoms with Gasteiger partial charge in [-0.25, -0.2) is 0 Å². The lowest BCUT2D eigenvalue weighted by molar-refractivity contribution is 0.121. The summed E-state index contributed by atoms with van der Waals surface area (Å²) in [6.07, 6.45) is 2.25. The fraction of sp³-hybridized carbons (Fsp3) is 1.00. The summed E-state index contributed by atoms with van der Waals surface area (Å²) >= 11 is 0. The molecule has 0 rings (SSSR count). The van der Waals surface area contributed by atoms with Crippen molar-refractivity contribution in [1.82, 2.24) is 0 Å². The lowest BCUT2D eigenvalue weighted by Gasteiger charge is -2.26. The van der Waals surface area contributed by atoms with Gasteiger partial charge in [0.1, 0.15) is 0 Å². The highest BCUT2D eigenvalue weighted by Crippen LogP contribution is 2.25. The fourth-order valence-electron chi connectivity index (χ4n) is 1.39. The lowest BCUT2D eigenvalue weighted by Crippen LogP contribution is -2.42. The van der Waals surface area contributed by atoms with Crippen molar-refractivity contribution in [2.24, 2.45) is 5.41 Å². The second kappa shape index (κ2) is 5.85. The van der Waals surface area contributed by atoms with E-state index in [9.17, 15) is 0 Å². The molecule has 0 aliphatic heterocycles. The molecule has 0 bridgehead atoms. The molecule has 0 unspecified atom stereocenters. The summed E-state index contributed by atoms with van der Waals surface area (Å²) < 4.78 is 16.0. The highest BCUT2D eigenvalue weighted by atomic mass is 28.4. The Balaban J connectivity index is 3.95. The Morgan fingerprint density at radius 2 is 1.36 bits per heavy atom. The zero-order valence-electron chi connectivity index (χ0n) is 10.3. The second-order valence-corrected chi connectivity index (χ2v) is 7.80. The molecule has 0 saturated heterocycles. The first-order valence-electron chi connectivity index (χ1n) is 5.04. The molecule has 14 heavy (non-hydrogen) atoms. The molecule has 0 aliphatic rings. The Bertz CT molecular complexity index is 142. The summed E-state index contributed by atoms with van der Waals surface area (Å²) in [6, 6.07) is 0.897. The number of rotatable bonds is 6. The Hall–Kier alpha value is 0.0969. The molecule has 0 aromatic heterocycles. The molecule has 4 heteroatoms. The monoisotopic (exact) mass is 220 g/mol. The van der Waals surface area contributed by atoms with Gasteiger partial charge in [0.05, 0.1) is 0 Å². The van der Waals surface area contributed by atoms with Crippen LogP contribution in [0.3, 0.4) is 0 Å². The smallest absolute Gasteiger partial charge is 0.377 e. The van der Waals surface area contributed by atoms with Crippen LogP contribution in [0.1, 0.15) is 33.6 Å². The molecule has 0 aliphatic carbocycles. The third-order valence-electron chi connectivity index (χ3n) is 2.34. The maximum Gasteiger partial charge on any atom is 0.500 e. The molecule has 0 amide bonds. The van der Waals surface area contributed by atoms with Gasteiger partial charge in [0.2, 0.25) is 0 Å². The molecule has 0 fully saturated rings. The van der Waals surface area contributed by atoms with E-state index < -0.39 is 8.80 Å². The molecule has 0 aromatic carbocycles. The first kappa shape index (κ1) is 14.1. The first-order valence-corrected chi connectivity index (χ1v) is 6.98. The van der Waals surface area contributed by atoms with Crippen LogP contribution in [0.4, 0.5) is 0 Å². The van der Waals surface area contributed by atoms with Gasteiger partial charge in [0.15, 0.2) is 0 Å². The quantitative estimate of drug-likeness (QED) is 0.644. The van der Waals surface area contributed by atoms with Gasteiger partial charge in [-0.15, -0.1) is 0 Å². The predicted octanol–water partition coefficient (Wildman–Crippen LogP) is 2.69. The van der Waals surface area contributed by atoms with Crippen LogP contribution in [0.5, 0.6) is 0 Å². The number of hydrogen-bond acceptors (Lipinski definition) is 3. The van der Waals surface area contributed by atoms with Crippen molar-refractivity contribution in [2.45, 2.75) is 39.7 Å². The topological polar surface area (TPSA) is 27.7 Å². The first-order chi connectivity index (χ1) is 6.39. The van der Waals surface area contributed by atoms with Crippen LogP contribution in [0.25, 0.3) is 0 Å². The summed E-state index contributed by atoms with van der Waals surface area (Å²) in [6.45, 7) is 6.72. The highest BCUT2D eigenvalue weighted by molar-refractivity contribution is 6.60. The minimum atomic E-state index is -2.32. The minimum absolute atomic E-state index is 0.370. The van der Waals surface area contributed by atoms with Crippen LogP contribution in [-0.4, -0.2) is 30.1 Å². The Labute approximate surface area is 89.1 Å². The normalized spacial score (nSPS) is 13.3. The van der Waals surface area contributed by atoms with Crippen molar-refractivity contribution in [3.05, 3.63) is 0 Å². The second-order valence-electron chi connectivity index (χ2n) is 4.71. The van der Waals surface area contributed by atoms with Crippen LogP contribution < -0.4 is 0 Å². The Morgan fingerprint density at radius 3 is 1.64 bits per heavy atom. The predicted molar refractivity (Wildman–Crippen MR) is 60.3 cm³/mol. The summed E-state index contributed by atoms with van der Waals surface area (Å²) in [7, 11) is 2.67. The van der Waals surface area contributed by atoms with Crippen LogP contribution in [0.15, 0.2) is 0 Å². The molecule has 0 aromatic rings. The summed E-state index contributed by atoms with van der Waals surface area (Å²) in [5.74, 6) is 0.